The maximum Gasteiger partial charge on any atom is 0.191 e. The minimum Gasteiger partial charge on any atom is -0.373 e. The van der Waals surface area contributed by atoms with Crippen molar-refractivity contribution >= 4 is 5.96 Å². The first-order valence-corrected chi connectivity index (χ1v) is 11.3. The Morgan fingerprint density at radius 2 is 2.00 bits per heavy atom. The van der Waals surface area contributed by atoms with Crippen molar-refractivity contribution in [3.05, 3.63) is 72.3 Å². The molecule has 168 valence electrons. The Balaban J connectivity index is 1.45. The Morgan fingerprint density at radius 1 is 1.16 bits per heavy atom. The average molecular weight is 433 g/mol. The number of hydrogen-bond acceptors (Lipinski definition) is 4. The lowest BCUT2D eigenvalue weighted by Gasteiger charge is -2.24. The quantitative estimate of drug-likeness (QED) is 0.420. The van der Waals surface area contributed by atoms with Crippen LogP contribution in [0.5, 0.6) is 0 Å². The van der Waals surface area contributed by atoms with Gasteiger partial charge < -0.3 is 15.4 Å². The van der Waals surface area contributed by atoms with Gasteiger partial charge in [-0.1, -0.05) is 48.5 Å². The summed E-state index contributed by atoms with van der Waals surface area (Å²) in [5, 5.41) is 11.0. The molecule has 0 amide bonds. The molecule has 2 aromatic carbocycles. The van der Waals surface area contributed by atoms with Crippen LogP contribution in [0.2, 0.25) is 0 Å². The lowest BCUT2D eigenvalue weighted by atomic mass is 9.98. The lowest BCUT2D eigenvalue weighted by Crippen LogP contribution is -2.45. The third-order valence-corrected chi connectivity index (χ3v) is 5.78. The molecule has 1 fully saturated rings. The van der Waals surface area contributed by atoms with E-state index in [-0.39, 0.29) is 5.60 Å². The largest absolute Gasteiger partial charge is 0.373 e. The van der Waals surface area contributed by atoms with Crippen LogP contribution in [0, 0.1) is 0 Å². The summed E-state index contributed by atoms with van der Waals surface area (Å²) in [6.07, 6.45) is 5.49. The van der Waals surface area contributed by atoms with E-state index in [0.717, 1.165) is 38.5 Å². The van der Waals surface area contributed by atoms with E-state index in [1.807, 2.05) is 4.68 Å². The third-order valence-electron chi connectivity index (χ3n) is 5.78. The summed E-state index contributed by atoms with van der Waals surface area (Å²) in [4.78, 5) is 8.85. The summed E-state index contributed by atoms with van der Waals surface area (Å²) >= 11 is 0. The van der Waals surface area contributed by atoms with Crippen molar-refractivity contribution in [2.75, 3.05) is 19.7 Å². The van der Waals surface area contributed by atoms with Crippen LogP contribution in [0.25, 0.3) is 11.1 Å². The molecule has 1 unspecified atom stereocenters. The number of hydrogen-bond donors (Lipinski definition) is 2. The number of aliphatic imine (C=N–C) groups is 1. The van der Waals surface area contributed by atoms with E-state index in [0.29, 0.717) is 13.1 Å². The summed E-state index contributed by atoms with van der Waals surface area (Å²) in [5.74, 6) is 0.821. The van der Waals surface area contributed by atoms with Gasteiger partial charge in [0.2, 0.25) is 0 Å². The summed E-state index contributed by atoms with van der Waals surface area (Å²) in [5.41, 5.74) is 4.66. The van der Waals surface area contributed by atoms with Gasteiger partial charge in [0.25, 0.3) is 0 Å². The van der Waals surface area contributed by atoms with E-state index in [9.17, 15) is 0 Å². The van der Waals surface area contributed by atoms with Crippen LogP contribution in [0.3, 0.4) is 0 Å². The molecular formula is C25H32N6O. The molecule has 7 heteroatoms. The first-order chi connectivity index (χ1) is 15.6. The highest BCUT2D eigenvalue weighted by atomic mass is 16.5. The molecule has 0 saturated carbocycles. The number of ether oxygens (including phenoxy) is 1. The standard InChI is InChI=1S/C25H32N6O/c1-3-27-24(29-17-25(2)13-6-14-32-25)28-15-22-7-4-5-8-23(22)21-11-9-20(10-12-21)16-31-19-26-18-30-31/h4-5,7-12,18-19H,3,6,13-17H2,1-2H3,(H2,27,28,29). The predicted molar refractivity (Wildman–Crippen MR) is 127 cm³/mol. The number of aromatic nitrogens is 3. The third kappa shape index (κ3) is 5.73. The first kappa shape index (κ1) is 22.0. The van der Waals surface area contributed by atoms with Gasteiger partial charge in [0.15, 0.2) is 5.96 Å². The molecule has 1 saturated heterocycles. The fourth-order valence-electron chi connectivity index (χ4n) is 3.98. The van der Waals surface area contributed by atoms with E-state index in [2.05, 4.69) is 83.1 Å². The fraction of sp³-hybridized carbons (Fsp3) is 0.400. The van der Waals surface area contributed by atoms with Crippen LogP contribution >= 0.6 is 0 Å². The highest BCUT2D eigenvalue weighted by Gasteiger charge is 2.29. The normalized spacial score (nSPS) is 18.6. The van der Waals surface area contributed by atoms with Gasteiger partial charge >= 0.3 is 0 Å². The van der Waals surface area contributed by atoms with Crippen LogP contribution < -0.4 is 10.6 Å². The van der Waals surface area contributed by atoms with Crippen molar-refractivity contribution < 1.29 is 4.74 Å². The minimum atomic E-state index is -0.109. The van der Waals surface area contributed by atoms with Crippen molar-refractivity contribution in [3.63, 3.8) is 0 Å². The molecule has 2 heterocycles. The van der Waals surface area contributed by atoms with Crippen molar-refractivity contribution in [1.82, 2.24) is 25.4 Å². The molecule has 32 heavy (non-hydrogen) atoms. The van der Waals surface area contributed by atoms with Gasteiger partial charge in [-0.05, 0) is 48.9 Å². The molecule has 0 bridgehead atoms. The molecule has 1 aliphatic rings. The highest BCUT2D eigenvalue weighted by molar-refractivity contribution is 5.80. The zero-order valence-electron chi connectivity index (χ0n) is 18.9. The van der Waals surface area contributed by atoms with Crippen molar-refractivity contribution in [3.8, 4) is 11.1 Å². The molecule has 3 aromatic rings. The van der Waals surface area contributed by atoms with E-state index in [1.54, 1.807) is 12.7 Å². The van der Waals surface area contributed by atoms with E-state index >= 15 is 0 Å². The smallest absolute Gasteiger partial charge is 0.191 e. The van der Waals surface area contributed by atoms with Crippen LogP contribution in [0.4, 0.5) is 0 Å². The van der Waals surface area contributed by atoms with Gasteiger partial charge in [-0.25, -0.2) is 14.7 Å². The van der Waals surface area contributed by atoms with Gasteiger partial charge in [0.05, 0.1) is 18.7 Å². The van der Waals surface area contributed by atoms with Crippen molar-refractivity contribution in [1.29, 1.82) is 0 Å². The summed E-state index contributed by atoms with van der Waals surface area (Å²) in [6.45, 7) is 7.98. The second-order valence-corrected chi connectivity index (χ2v) is 8.40. The van der Waals surface area contributed by atoms with Crippen LogP contribution in [-0.2, 0) is 17.8 Å². The molecule has 0 aliphatic carbocycles. The monoisotopic (exact) mass is 432 g/mol. The highest BCUT2D eigenvalue weighted by Crippen LogP contribution is 2.25. The molecule has 2 N–H and O–H groups in total. The number of guanidine groups is 1. The van der Waals surface area contributed by atoms with Crippen molar-refractivity contribution in [2.45, 2.75) is 45.4 Å². The summed E-state index contributed by atoms with van der Waals surface area (Å²) in [6, 6.07) is 17.1. The van der Waals surface area contributed by atoms with Gasteiger partial charge in [-0.3, -0.25) is 0 Å². The van der Waals surface area contributed by atoms with Gasteiger partial charge in [-0.2, -0.15) is 5.10 Å². The van der Waals surface area contributed by atoms with E-state index in [4.69, 9.17) is 9.73 Å². The van der Waals surface area contributed by atoms with Crippen molar-refractivity contribution in [2.24, 2.45) is 4.99 Å². The molecule has 1 atom stereocenters. The zero-order chi connectivity index (χ0) is 22.2. The van der Waals surface area contributed by atoms with Gasteiger partial charge in [0.1, 0.15) is 12.7 Å². The number of benzene rings is 2. The fourth-order valence-corrected chi connectivity index (χ4v) is 3.98. The lowest BCUT2D eigenvalue weighted by molar-refractivity contribution is 0.0243. The summed E-state index contributed by atoms with van der Waals surface area (Å²) < 4.78 is 7.72. The SMILES string of the molecule is CCNC(=NCc1ccccc1-c1ccc(Cn2cncn2)cc1)NCC1(C)CCCO1. The van der Waals surface area contributed by atoms with Gasteiger partial charge in [-0.15, -0.1) is 0 Å². The molecule has 0 radical (unpaired) electrons. The minimum absolute atomic E-state index is 0.109. The molecule has 0 spiro atoms. The Kier molecular flexibility index (Phi) is 7.17. The first-order valence-electron chi connectivity index (χ1n) is 11.3. The molecular weight excluding hydrogens is 400 g/mol. The molecule has 4 rings (SSSR count). The second-order valence-electron chi connectivity index (χ2n) is 8.40. The Morgan fingerprint density at radius 3 is 2.72 bits per heavy atom. The second kappa shape index (κ2) is 10.4. The molecule has 7 nitrogen and oxygen atoms in total. The maximum atomic E-state index is 5.90. The van der Waals surface area contributed by atoms with Gasteiger partial charge in [0, 0.05) is 19.7 Å². The Bertz CT molecular complexity index is 1010. The number of nitrogens with zero attached hydrogens (tertiary/aromatic N) is 4. The maximum absolute atomic E-state index is 5.90. The topological polar surface area (TPSA) is 76.4 Å². The van der Waals surface area contributed by atoms with E-state index in [1.165, 1.54) is 22.3 Å². The van der Waals surface area contributed by atoms with Crippen LogP contribution in [0.1, 0.15) is 37.8 Å². The van der Waals surface area contributed by atoms with Crippen LogP contribution in [-0.4, -0.2) is 46.0 Å². The average Bonchev–Trinajstić information content (AvgIpc) is 3.49. The van der Waals surface area contributed by atoms with E-state index < -0.39 is 0 Å². The molecule has 1 aliphatic heterocycles. The number of rotatable bonds is 8. The van der Waals surface area contributed by atoms with Crippen LogP contribution in [0.15, 0.2) is 66.2 Å². The molecule has 1 aromatic heterocycles. The Hall–Kier alpha value is -3.19. The predicted octanol–water partition coefficient (Wildman–Crippen LogP) is 3.62. The zero-order valence-corrected chi connectivity index (χ0v) is 18.9. The summed E-state index contributed by atoms with van der Waals surface area (Å²) in [7, 11) is 0. The Labute approximate surface area is 189 Å². The number of nitrogens with one attached hydrogen (secondary N) is 2.